The summed E-state index contributed by atoms with van der Waals surface area (Å²) in [5, 5.41) is 11.4. The van der Waals surface area contributed by atoms with Gasteiger partial charge in [0.15, 0.2) is 0 Å². The third kappa shape index (κ3) is 0.899. The Morgan fingerprint density at radius 1 is 1.40 bits per heavy atom. The number of nitrogens with zero attached hydrogens (tertiary/aromatic N) is 1. The second-order valence-corrected chi connectivity index (χ2v) is 4.04. The fourth-order valence-electron chi connectivity index (χ4n) is 0.793. The van der Waals surface area contributed by atoms with Gasteiger partial charge in [-0.15, -0.1) is 0 Å². The summed E-state index contributed by atoms with van der Waals surface area (Å²) < 4.78 is 5.92. The molecule has 1 aliphatic rings. The summed E-state index contributed by atoms with van der Waals surface area (Å²) in [5.41, 5.74) is 0.685. The number of benzene rings is 1. The molecule has 0 unspecified atom stereocenters. The predicted molar refractivity (Wildman–Crippen MR) is 38.8 cm³/mol. The van der Waals surface area contributed by atoms with E-state index in [4.69, 9.17) is 3.20 Å². The van der Waals surface area contributed by atoms with E-state index in [1.54, 1.807) is 6.07 Å². The minimum atomic E-state index is -0.669. The Morgan fingerprint density at radius 3 is 3.00 bits per heavy atom. The molecule has 0 radical (unpaired) electrons. The van der Waals surface area contributed by atoms with Gasteiger partial charge in [-0.1, -0.05) is 0 Å². The number of anilines is 1. The summed E-state index contributed by atoms with van der Waals surface area (Å²) in [6, 6.07) is 7.48. The molecule has 10 heavy (non-hydrogen) atoms. The van der Waals surface area contributed by atoms with Gasteiger partial charge >= 0.3 is 68.5 Å². The van der Waals surface area contributed by atoms with E-state index in [1.165, 1.54) is 0 Å². The van der Waals surface area contributed by atoms with Crippen LogP contribution in [0.2, 0.25) is 0 Å². The Kier molecular flexibility index (Phi) is 1.55. The van der Waals surface area contributed by atoms with Gasteiger partial charge < -0.3 is 0 Å². The SMILES string of the molecule is [O-]N1O[Te]c2ccccc21. The van der Waals surface area contributed by atoms with Gasteiger partial charge in [0.2, 0.25) is 0 Å². The van der Waals surface area contributed by atoms with E-state index in [0.29, 0.717) is 10.9 Å². The normalized spacial score (nSPS) is 15.5. The van der Waals surface area contributed by atoms with Gasteiger partial charge in [0.25, 0.3) is 0 Å². The molecule has 1 aliphatic heterocycles. The molecule has 0 N–H and O–H groups in total. The van der Waals surface area contributed by atoms with Crippen molar-refractivity contribution in [1.82, 2.24) is 0 Å². The topological polar surface area (TPSA) is 35.5 Å². The molecule has 0 saturated carbocycles. The van der Waals surface area contributed by atoms with Crippen molar-refractivity contribution < 1.29 is 3.20 Å². The predicted octanol–water partition coefficient (Wildman–Crippen LogP) is 0.180. The van der Waals surface area contributed by atoms with Gasteiger partial charge in [-0.05, 0) is 0 Å². The number of rotatable bonds is 0. The number of fused-ring (bicyclic) bond motifs is 1. The Morgan fingerprint density at radius 2 is 2.20 bits per heavy atom. The molecule has 0 spiro atoms. The summed E-state index contributed by atoms with van der Waals surface area (Å²) in [4.78, 5) is 0. The molecule has 1 aromatic rings. The van der Waals surface area contributed by atoms with Gasteiger partial charge in [0.05, 0.1) is 0 Å². The molecule has 0 atom stereocenters. The monoisotopic (exact) mass is 252 g/mol. The van der Waals surface area contributed by atoms with E-state index in [2.05, 4.69) is 0 Å². The summed E-state index contributed by atoms with van der Waals surface area (Å²) in [6.45, 7) is 0. The Bertz CT molecular complexity index is 253. The van der Waals surface area contributed by atoms with Gasteiger partial charge in [-0.3, -0.25) is 0 Å². The number of hydrogen-bond donors (Lipinski definition) is 0. The second-order valence-electron chi connectivity index (χ2n) is 1.88. The first-order valence-electron chi connectivity index (χ1n) is 2.79. The van der Waals surface area contributed by atoms with Crippen LogP contribution < -0.4 is 8.84 Å². The van der Waals surface area contributed by atoms with E-state index < -0.39 is 21.3 Å². The molecule has 0 aromatic heterocycles. The summed E-state index contributed by atoms with van der Waals surface area (Å²) >= 11 is -0.669. The van der Waals surface area contributed by atoms with Crippen molar-refractivity contribution in [2.24, 2.45) is 0 Å². The Balaban J connectivity index is 2.51. The molecule has 52 valence electrons. The van der Waals surface area contributed by atoms with Gasteiger partial charge in [0.1, 0.15) is 0 Å². The summed E-state index contributed by atoms with van der Waals surface area (Å²) in [6.07, 6.45) is 0. The molecule has 0 aliphatic carbocycles. The maximum absolute atomic E-state index is 10.8. The van der Waals surface area contributed by atoms with Crippen molar-refractivity contribution >= 4 is 30.6 Å². The van der Waals surface area contributed by atoms with Crippen LogP contribution in [-0.2, 0) is 3.20 Å². The molecule has 0 saturated heterocycles. The fourth-order valence-corrected chi connectivity index (χ4v) is 2.48. The van der Waals surface area contributed by atoms with Crippen molar-refractivity contribution in [1.29, 1.82) is 0 Å². The average molecular weight is 250 g/mol. The molecule has 0 bridgehead atoms. The van der Waals surface area contributed by atoms with Crippen molar-refractivity contribution in [2.75, 3.05) is 5.23 Å². The first kappa shape index (κ1) is 6.44. The van der Waals surface area contributed by atoms with Crippen LogP contribution in [0.5, 0.6) is 0 Å². The van der Waals surface area contributed by atoms with Gasteiger partial charge in [-0.25, -0.2) is 0 Å². The van der Waals surface area contributed by atoms with Crippen LogP contribution in [0.25, 0.3) is 0 Å². The Labute approximate surface area is 68.7 Å². The van der Waals surface area contributed by atoms with Crippen LogP contribution in [0.4, 0.5) is 5.69 Å². The standard InChI is InChI=1S/C6H4NO2Te/c8-7-5-3-1-2-4-6(5)10-9-7/h1-4H/q-1. The van der Waals surface area contributed by atoms with E-state index in [1.807, 2.05) is 18.2 Å². The van der Waals surface area contributed by atoms with Crippen molar-refractivity contribution in [3.05, 3.63) is 29.5 Å². The summed E-state index contributed by atoms with van der Waals surface area (Å²) in [7, 11) is 0. The third-order valence-electron chi connectivity index (χ3n) is 1.26. The van der Waals surface area contributed by atoms with Crippen LogP contribution in [0.15, 0.2) is 24.3 Å². The van der Waals surface area contributed by atoms with E-state index >= 15 is 0 Å². The second kappa shape index (κ2) is 2.40. The number of hydrogen-bond acceptors (Lipinski definition) is 3. The van der Waals surface area contributed by atoms with E-state index in [0.717, 1.165) is 3.61 Å². The number of para-hydroxylation sites is 1. The molecule has 0 fully saturated rings. The molecule has 2 rings (SSSR count). The zero-order valence-corrected chi connectivity index (χ0v) is 7.31. The first-order valence-corrected chi connectivity index (χ1v) is 4.90. The Hall–Kier alpha value is -0.270. The van der Waals surface area contributed by atoms with Crippen LogP contribution >= 0.6 is 0 Å². The van der Waals surface area contributed by atoms with E-state index in [9.17, 15) is 5.21 Å². The average Bonchev–Trinajstić information content (AvgIpc) is 2.34. The third-order valence-corrected chi connectivity index (χ3v) is 3.35. The van der Waals surface area contributed by atoms with Crippen LogP contribution in [0.1, 0.15) is 0 Å². The van der Waals surface area contributed by atoms with E-state index in [-0.39, 0.29) is 0 Å². The van der Waals surface area contributed by atoms with Crippen LogP contribution in [0, 0.1) is 5.21 Å². The zero-order chi connectivity index (χ0) is 6.97. The molecule has 1 aromatic carbocycles. The van der Waals surface area contributed by atoms with Gasteiger partial charge in [0, 0.05) is 0 Å². The molecule has 4 heteroatoms. The first-order chi connectivity index (χ1) is 4.88. The van der Waals surface area contributed by atoms with Crippen molar-refractivity contribution in [3.8, 4) is 0 Å². The summed E-state index contributed by atoms with van der Waals surface area (Å²) in [5.74, 6) is 0. The van der Waals surface area contributed by atoms with Crippen LogP contribution in [0.3, 0.4) is 0 Å². The quantitative estimate of drug-likeness (QED) is 0.616. The molecular formula is C6H4NO2Te-. The van der Waals surface area contributed by atoms with Gasteiger partial charge in [-0.2, -0.15) is 0 Å². The fraction of sp³-hybridized carbons (Fsp3) is 0. The molecular weight excluding hydrogens is 246 g/mol. The van der Waals surface area contributed by atoms with Crippen molar-refractivity contribution in [3.63, 3.8) is 0 Å². The molecule has 1 heterocycles. The molecule has 3 nitrogen and oxygen atoms in total. The molecule has 0 amide bonds. The maximum atomic E-state index is 10.8. The minimum absolute atomic E-state index is 0.609. The van der Waals surface area contributed by atoms with Crippen molar-refractivity contribution in [2.45, 2.75) is 0 Å². The zero-order valence-electron chi connectivity index (χ0n) is 4.98. The van der Waals surface area contributed by atoms with Crippen LogP contribution in [-0.4, -0.2) is 21.3 Å².